The quantitative estimate of drug-likeness (QED) is 0.518. The van der Waals surface area contributed by atoms with Crippen LogP contribution in [0.4, 0.5) is 4.39 Å². The van der Waals surface area contributed by atoms with Gasteiger partial charge in [0.2, 0.25) is 4.77 Å². The maximum Gasteiger partial charge on any atom is 0.214 e. The summed E-state index contributed by atoms with van der Waals surface area (Å²) in [7, 11) is 1.55. The summed E-state index contributed by atoms with van der Waals surface area (Å²) in [6, 6.07) is 10.0. The first-order chi connectivity index (χ1) is 13.5. The average Bonchev–Trinajstić information content (AvgIpc) is 3.06. The molecule has 0 spiro atoms. The van der Waals surface area contributed by atoms with Gasteiger partial charge in [0.05, 0.1) is 18.7 Å². The highest BCUT2D eigenvalue weighted by Gasteiger charge is 2.11. The fraction of sp³-hybridized carbons (Fsp3) is 0.263. The second kappa shape index (κ2) is 9.07. The second-order valence-electron chi connectivity index (χ2n) is 5.94. The van der Waals surface area contributed by atoms with E-state index >= 15 is 0 Å². The third-order valence-corrected chi connectivity index (χ3v) is 4.79. The van der Waals surface area contributed by atoms with E-state index in [1.165, 1.54) is 6.07 Å². The first-order valence-corrected chi connectivity index (χ1v) is 9.44. The fourth-order valence-electron chi connectivity index (χ4n) is 2.66. The number of halogens is 2. The van der Waals surface area contributed by atoms with Crippen molar-refractivity contribution in [2.45, 2.75) is 26.5 Å². The Morgan fingerprint density at radius 2 is 2.11 bits per heavy atom. The van der Waals surface area contributed by atoms with Crippen LogP contribution in [-0.2, 0) is 19.6 Å². The lowest BCUT2D eigenvalue weighted by Crippen LogP contribution is -2.17. The van der Waals surface area contributed by atoms with E-state index in [1.807, 2.05) is 19.1 Å². The molecule has 9 heteroatoms. The van der Waals surface area contributed by atoms with Gasteiger partial charge in [-0.25, -0.2) is 9.07 Å². The van der Waals surface area contributed by atoms with Crippen LogP contribution in [0.5, 0.6) is 11.5 Å². The Bertz CT molecular complexity index is 1000. The number of methoxy groups -OCH3 is 1. The van der Waals surface area contributed by atoms with E-state index in [0.717, 1.165) is 17.8 Å². The molecule has 0 aliphatic heterocycles. The summed E-state index contributed by atoms with van der Waals surface area (Å²) < 4.78 is 27.3. The Morgan fingerprint density at radius 3 is 2.82 bits per heavy atom. The van der Waals surface area contributed by atoms with Gasteiger partial charge in [-0.1, -0.05) is 30.7 Å². The lowest BCUT2D eigenvalue weighted by Gasteiger charge is -2.14. The molecule has 0 aliphatic rings. The number of nitrogens with one attached hydrogen (secondary N) is 2. The first kappa shape index (κ1) is 20.2. The maximum atomic E-state index is 13.9. The molecule has 0 atom stereocenters. The highest BCUT2D eigenvalue weighted by atomic mass is 35.5. The molecule has 1 aromatic heterocycles. The van der Waals surface area contributed by atoms with Crippen molar-refractivity contribution in [3.63, 3.8) is 0 Å². The van der Waals surface area contributed by atoms with Gasteiger partial charge in [-0.2, -0.15) is 5.10 Å². The van der Waals surface area contributed by atoms with Crippen molar-refractivity contribution in [3.8, 4) is 11.5 Å². The lowest BCUT2D eigenvalue weighted by molar-refractivity contribution is 0.279. The van der Waals surface area contributed by atoms with Crippen molar-refractivity contribution >= 4 is 23.8 Å². The highest BCUT2D eigenvalue weighted by molar-refractivity contribution is 7.71. The number of aromatic nitrogens is 3. The molecule has 6 nitrogen and oxygen atoms in total. The van der Waals surface area contributed by atoms with Crippen LogP contribution in [0.15, 0.2) is 36.4 Å². The molecule has 2 N–H and O–H groups in total. The number of benzene rings is 2. The Balaban J connectivity index is 1.71. The molecule has 3 rings (SSSR count). The molecule has 0 unspecified atom stereocenters. The van der Waals surface area contributed by atoms with Crippen molar-refractivity contribution in [2.75, 3.05) is 12.5 Å². The Labute approximate surface area is 172 Å². The Hall–Kier alpha value is -2.58. The molecular formula is C19H20ClFN4O2S. The zero-order valence-corrected chi connectivity index (χ0v) is 17.0. The molecule has 0 saturated heterocycles. The van der Waals surface area contributed by atoms with Gasteiger partial charge in [0, 0.05) is 12.0 Å². The van der Waals surface area contributed by atoms with E-state index in [9.17, 15) is 4.39 Å². The van der Waals surface area contributed by atoms with E-state index in [-0.39, 0.29) is 6.61 Å². The van der Waals surface area contributed by atoms with E-state index in [1.54, 1.807) is 30.0 Å². The van der Waals surface area contributed by atoms with Gasteiger partial charge in [-0.3, -0.25) is 5.10 Å². The summed E-state index contributed by atoms with van der Waals surface area (Å²) in [5.41, 5.74) is 4.49. The van der Waals surface area contributed by atoms with E-state index in [2.05, 4.69) is 15.6 Å². The van der Waals surface area contributed by atoms with Gasteiger partial charge in [-0.15, -0.1) is 0 Å². The minimum Gasteiger partial charge on any atom is -0.493 e. The average molecular weight is 423 g/mol. The van der Waals surface area contributed by atoms with E-state index < -0.39 is 5.82 Å². The Kier molecular flexibility index (Phi) is 6.53. The molecular weight excluding hydrogens is 403 g/mol. The largest absolute Gasteiger partial charge is 0.493 e. The summed E-state index contributed by atoms with van der Waals surface area (Å²) in [5, 5.41) is 7.25. The molecule has 28 heavy (non-hydrogen) atoms. The molecule has 0 fully saturated rings. The number of ether oxygens (including phenoxy) is 2. The summed E-state index contributed by atoms with van der Waals surface area (Å²) in [6.45, 7) is 2.51. The van der Waals surface area contributed by atoms with Crippen LogP contribution in [-0.4, -0.2) is 22.0 Å². The van der Waals surface area contributed by atoms with E-state index in [0.29, 0.717) is 33.4 Å². The van der Waals surface area contributed by atoms with Crippen molar-refractivity contribution < 1.29 is 13.9 Å². The molecule has 0 saturated carbocycles. The van der Waals surface area contributed by atoms with Gasteiger partial charge < -0.3 is 14.9 Å². The van der Waals surface area contributed by atoms with Gasteiger partial charge in [0.1, 0.15) is 12.4 Å². The van der Waals surface area contributed by atoms with Crippen LogP contribution in [0, 0.1) is 10.6 Å². The fourth-order valence-corrected chi connectivity index (χ4v) is 3.09. The van der Waals surface area contributed by atoms with E-state index in [4.69, 9.17) is 33.3 Å². The molecule has 0 aliphatic carbocycles. The predicted molar refractivity (Wildman–Crippen MR) is 109 cm³/mol. The normalized spacial score (nSPS) is 10.7. The van der Waals surface area contributed by atoms with Crippen LogP contribution in [0.3, 0.4) is 0 Å². The third-order valence-electron chi connectivity index (χ3n) is 4.16. The summed E-state index contributed by atoms with van der Waals surface area (Å²) in [5.74, 6) is 1.45. The topological polar surface area (TPSA) is 64.1 Å². The Morgan fingerprint density at radius 1 is 1.29 bits per heavy atom. The van der Waals surface area contributed by atoms with Crippen LogP contribution in [0.25, 0.3) is 0 Å². The predicted octanol–water partition coefficient (Wildman–Crippen LogP) is 4.63. The van der Waals surface area contributed by atoms with Gasteiger partial charge in [-0.05, 0) is 42.0 Å². The number of H-pyrrole nitrogens is 1. The van der Waals surface area contributed by atoms with Crippen LogP contribution < -0.4 is 14.9 Å². The number of aromatic amines is 1. The van der Waals surface area contributed by atoms with Crippen molar-refractivity contribution in [1.29, 1.82) is 0 Å². The minimum atomic E-state index is -0.407. The summed E-state index contributed by atoms with van der Waals surface area (Å²) >= 11 is 11.3. The minimum absolute atomic E-state index is 0.00348. The summed E-state index contributed by atoms with van der Waals surface area (Å²) in [6.07, 6.45) is 0.745. The summed E-state index contributed by atoms with van der Waals surface area (Å²) in [4.78, 5) is 0. The van der Waals surface area contributed by atoms with Crippen molar-refractivity contribution in [2.24, 2.45) is 0 Å². The SMILES string of the molecule is CCc1n[nH]c(=S)n1NCc1ccc(OCc2c(F)cccc2Cl)c(OC)c1. The van der Waals surface area contributed by atoms with Crippen LogP contribution >= 0.6 is 23.8 Å². The van der Waals surface area contributed by atoms with Crippen LogP contribution in [0.2, 0.25) is 5.02 Å². The molecule has 2 aromatic carbocycles. The molecule has 3 aromatic rings. The van der Waals surface area contributed by atoms with Crippen molar-refractivity contribution in [3.05, 3.63) is 69.0 Å². The number of rotatable bonds is 8. The number of hydrogen-bond acceptors (Lipinski definition) is 5. The molecule has 148 valence electrons. The molecule has 1 heterocycles. The van der Waals surface area contributed by atoms with Gasteiger partial charge in [0.25, 0.3) is 0 Å². The van der Waals surface area contributed by atoms with Crippen LogP contribution in [0.1, 0.15) is 23.9 Å². The lowest BCUT2D eigenvalue weighted by atomic mass is 10.2. The molecule has 0 radical (unpaired) electrons. The standard InChI is InChI=1S/C19H20ClFN4O2S/c1-3-18-23-24-19(28)25(18)22-10-12-7-8-16(17(9-12)26-2)27-11-13-14(20)5-4-6-15(13)21/h4-9,22H,3,10-11H2,1-2H3,(H,24,28). The monoisotopic (exact) mass is 422 g/mol. The molecule has 0 amide bonds. The van der Waals surface area contributed by atoms with Crippen molar-refractivity contribution in [1.82, 2.24) is 14.9 Å². The van der Waals surface area contributed by atoms with Gasteiger partial charge >= 0.3 is 0 Å². The molecule has 0 bridgehead atoms. The number of aryl methyl sites for hydroxylation is 1. The zero-order chi connectivity index (χ0) is 20.1. The first-order valence-electron chi connectivity index (χ1n) is 8.66. The number of hydrogen-bond donors (Lipinski definition) is 2. The smallest absolute Gasteiger partial charge is 0.214 e. The number of nitrogens with zero attached hydrogens (tertiary/aromatic N) is 2. The zero-order valence-electron chi connectivity index (χ0n) is 15.5. The third kappa shape index (κ3) is 4.45. The maximum absolute atomic E-state index is 13.9. The second-order valence-corrected chi connectivity index (χ2v) is 6.74. The highest BCUT2D eigenvalue weighted by Crippen LogP contribution is 2.30. The van der Waals surface area contributed by atoms with Gasteiger partial charge in [0.15, 0.2) is 17.3 Å².